The van der Waals surface area contributed by atoms with Gasteiger partial charge in [0.15, 0.2) is 0 Å². The third kappa shape index (κ3) is 19.8. The lowest BCUT2D eigenvalue weighted by Crippen LogP contribution is -2.52. The smallest absolute Gasteiger partial charge is 0.329 e. The van der Waals surface area contributed by atoms with E-state index in [0.717, 1.165) is 130 Å². The molecule has 0 unspecified atom stereocenters. The van der Waals surface area contributed by atoms with Gasteiger partial charge in [-0.1, -0.05) is 0 Å². The summed E-state index contributed by atoms with van der Waals surface area (Å²) in [4.78, 5) is 89.0. The molecule has 0 aliphatic heterocycles. The summed E-state index contributed by atoms with van der Waals surface area (Å²) in [6, 6.07) is 0. The number of carbonyl (C=O) groups excluding carboxylic acids is 4. The molecule has 16 rings (SSSR count). The van der Waals surface area contributed by atoms with E-state index in [1.807, 2.05) is 0 Å². The van der Waals surface area contributed by atoms with Crippen molar-refractivity contribution in [2.45, 2.75) is 202 Å². The van der Waals surface area contributed by atoms with E-state index in [9.17, 15) is 38.4 Å². The third-order valence-corrected chi connectivity index (χ3v) is 20.7. The predicted octanol–water partition coefficient (Wildman–Crippen LogP) is 7.99. The second kappa shape index (κ2) is 30.4. The number of esters is 4. The van der Waals surface area contributed by atoms with E-state index >= 15 is 0 Å². The minimum Gasteiger partial charge on any atom is -0.481 e. The summed E-state index contributed by atoms with van der Waals surface area (Å²) < 4.78 is 53.7. The van der Waals surface area contributed by atoms with Crippen LogP contribution in [-0.4, -0.2) is 170 Å². The van der Waals surface area contributed by atoms with Crippen molar-refractivity contribution in [3.8, 4) is 0 Å². The first-order chi connectivity index (χ1) is 41.2. The summed E-state index contributed by atoms with van der Waals surface area (Å²) in [7, 11) is 0. The summed E-state index contributed by atoms with van der Waals surface area (Å²) in [5, 5.41) is 33.9. The zero-order chi connectivity index (χ0) is 60.9. The Morgan fingerprint density at radius 3 is 0.663 bits per heavy atom. The molecule has 16 fully saturated rings. The highest BCUT2D eigenvalue weighted by atomic mass is 16.6. The van der Waals surface area contributed by atoms with Crippen LogP contribution in [0.5, 0.6) is 0 Å². The monoisotopic (exact) mass is 1220 g/mol. The van der Waals surface area contributed by atoms with Crippen molar-refractivity contribution in [3.63, 3.8) is 0 Å². The molecule has 0 aromatic rings. The Bertz CT molecular complexity index is 2190. The van der Waals surface area contributed by atoms with E-state index in [0.29, 0.717) is 50.8 Å². The molecule has 22 heteroatoms. The highest BCUT2D eigenvalue weighted by Gasteiger charge is 2.57. The average Bonchev–Trinajstić information content (AvgIpc) is 2.44. The molecule has 16 saturated carbocycles. The number of hydrogen-bond donors (Lipinski definition) is 4. The first-order valence-corrected chi connectivity index (χ1v) is 32.4. The van der Waals surface area contributed by atoms with E-state index < -0.39 is 36.3 Å². The number of hydrogen-bond acceptors (Lipinski definition) is 18. The standard InChI is InChI=1S/C19H30O7.C17H26O6.C15H22O5.C13H18O4/c20-17(21)13-25-6-5-24-4-3-23-2-1-18(22)26-19-10-14-7-15(11-19)9-16(8-14)12-19;18-15(19)11-22-4-3-21-2-1-16(20)23-17-8-12-5-13(9-17)7-14(6-12)10-17;16-13(17)9-19-2-1-14(18)20-15-6-10-3-11(7-15)5-12(4-10)8-15;14-11(15)4-12(16)17-13-5-8-1-9(6-13)3-10(2-8)7-13/h14-16H,1-13H2,(H,20,21);12-14H,1-11H2,(H,18,19);10-12H,1-9H2,(H,16,17);8-10H,1-7H2,(H,14,15). The number of carboxylic acids is 4. The highest BCUT2D eigenvalue weighted by molar-refractivity contribution is 5.90. The Morgan fingerprint density at radius 1 is 0.256 bits per heavy atom. The Kier molecular flexibility index (Phi) is 23.3. The molecule has 0 aromatic carbocycles. The van der Waals surface area contributed by atoms with Gasteiger partial charge in [0.05, 0.1) is 78.7 Å². The van der Waals surface area contributed by atoms with Gasteiger partial charge in [0.25, 0.3) is 0 Å². The first-order valence-electron chi connectivity index (χ1n) is 32.4. The molecular formula is C64H96O22. The topological polar surface area (TPSA) is 310 Å². The minimum atomic E-state index is -1.10. The molecule has 0 spiro atoms. The van der Waals surface area contributed by atoms with E-state index in [1.54, 1.807) is 0 Å². The van der Waals surface area contributed by atoms with Crippen LogP contribution in [0.4, 0.5) is 0 Å². The van der Waals surface area contributed by atoms with Crippen LogP contribution in [0, 0.1) is 71.0 Å². The Hall–Kier alpha value is -4.48. The maximum absolute atomic E-state index is 12.2. The Labute approximate surface area is 504 Å². The SMILES string of the molecule is O=C(O)CC(=O)OC12CC3CC(CC(C3)C1)C2.O=C(O)COCCC(=O)OC12CC3CC(CC(C3)C1)C2.O=C(O)COCCOCCC(=O)OC12CC3CC(CC(C3)C1)C2.O=C(O)COCCOCCOCCC(=O)OC12CC3CC(CC(C3)C1)C2. The van der Waals surface area contributed by atoms with Gasteiger partial charge in [0, 0.05) is 0 Å². The quantitative estimate of drug-likeness (QED) is 0.0229. The summed E-state index contributed by atoms with van der Waals surface area (Å²) in [6.45, 7) is 1.61. The molecule has 0 amide bonds. The molecule has 22 nitrogen and oxygen atoms in total. The van der Waals surface area contributed by atoms with Crippen molar-refractivity contribution in [1.29, 1.82) is 0 Å². The third-order valence-electron chi connectivity index (χ3n) is 20.7. The van der Waals surface area contributed by atoms with Crippen LogP contribution < -0.4 is 0 Å². The highest BCUT2D eigenvalue weighted by Crippen LogP contribution is 2.60. The average molecular weight is 1220 g/mol. The van der Waals surface area contributed by atoms with Crippen molar-refractivity contribution in [1.82, 2.24) is 0 Å². The number of rotatable bonds is 30. The Morgan fingerprint density at radius 2 is 0.442 bits per heavy atom. The van der Waals surface area contributed by atoms with Gasteiger partial charge in [0.2, 0.25) is 0 Å². The van der Waals surface area contributed by atoms with E-state index in [1.165, 1.54) is 77.0 Å². The molecule has 484 valence electrons. The van der Waals surface area contributed by atoms with Crippen LogP contribution in [0.1, 0.15) is 180 Å². The summed E-state index contributed by atoms with van der Waals surface area (Å²) in [5.41, 5.74) is -0.874. The normalized spacial score (nSPS) is 36.1. The molecule has 0 saturated heterocycles. The van der Waals surface area contributed by atoms with Gasteiger partial charge >= 0.3 is 47.8 Å². The molecular weight excluding hydrogens is 1120 g/mol. The van der Waals surface area contributed by atoms with E-state index in [-0.39, 0.29) is 106 Å². The maximum atomic E-state index is 12.2. The number of carbonyl (C=O) groups is 8. The lowest BCUT2D eigenvalue weighted by molar-refractivity contribution is -0.189. The molecule has 86 heavy (non-hydrogen) atoms. The maximum Gasteiger partial charge on any atom is 0.329 e. The van der Waals surface area contributed by atoms with Gasteiger partial charge in [-0.15, -0.1) is 0 Å². The molecule has 0 atom stereocenters. The number of aliphatic carboxylic acids is 4. The summed E-state index contributed by atoms with van der Waals surface area (Å²) >= 11 is 0. The molecule has 4 N–H and O–H groups in total. The van der Waals surface area contributed by atoms with E-state index in [4.69, 9.17) is 67.8 Å². The largest absolute Gasteiger partial charge is 0.481 e. The van der Waals surface area contributed by atoms with Crippen LogP contribution in [0.2, 0.25) is 0 Å². The fourth-order valence-electron chi connectivity index (χ4n) is 19.5. The molecule has 0 radical (unpaired) electrons. The van der Waals surface area contributed by atoms with Crippen LogP contribution in [0.25, 0.3) is 0 Å². The van der Waals surface area contributed by atoms with Gasteiger partial charge < -0.3 is 67.8 Å². The second-order valence-electron chi connectivity index (χ2n) is 28.3. The molecule has 16 bridgehead atoms. The van der Waals surface area contributed by atoms with Gasteiger partial charge in [-0.05, 0) is 225 Å². The van der Waals surface area contributed by atoms with Crippen LogP contribution >= 0.6 is 0 Å². The predicted molar refractivity (Wildman–Crippen MR) is 302 cm³/mol. The van der Waals surface area contributed by atoms with Gasteiger partial charge in [0.1, 0.15) is 48.6 Å². The molecule has 0 aromatic heterocycles. The first kappa shape index (κ1) is 66.0. The lowest BCUT2D eigenvalue weighted by Gasteiger charge is -2.55. The van der Waals surface area contributed by atoms with Crippen LogP contribution in [0.3, 0.4) is 0 Å². The number of ether oxygens (including phenoxy) is 10. The zero-order valence-corrected chi connectivity index (χ0v) is 50.3. The van der Waals surface area contributed by atoms with Crippen LogP contribution in [-0.2, 0) is 85.7 Å². The summed E-state index contributed by atoms with van der Waals surface area (Å²) in [6.07, 6.45) is 28.3. The van der Waals surface area contributed by atoms with Crippen LogP contribution in [0.15, 0.2) is 0 Å². The fourth-order valence-corrected chi connectivity index (χ4v) is 19.5. The van der Waals surface area contributed by atoms with Crippen molar-refractivity contribution in [2.75, 3.05) is 79.3 Å². The molecule has 0 heterocycles. The van der Waals surface area contributed by atoms with Crippen molar-refractivity contribution < 1.29 is 106 Å². The minimum absolute atomic E-state index is 0.123. The second-order valence-corrected chi connectivity index (χ2v) is 28.3. The molecule has 16 aliphatic carbocycles. The van der Waals surface area contributed by atoms with E-state index in [2.05, 4.69) is 0 Å². The molecule has 16 aliphatic rings. The fraction of sp³-hybridized carbons (Fsp3) is 0.875. The summed E-state index contributed by atoms with van der Waals surface area (Å²) in [5.74, 6) is 3.74. The number of carboxylic acid groups (broad SMARTS) is 4. The lowest BCUT2D eigenvalue weighted by atomic mass is 9.54. The van der Waals surface area contributed by atoms with Crippen molar-refractivity contribution in [3.05, 3.63) is 0 Å². The van der Waals surface area contributed by atoms with Gasteiger partial charge in [-0.25, -0.2) is 14.4 Å². The van der Waals surface area contributed by atoms with Crippen molar-refractivity contribution in [2.24, 2.45) is 71.0 Å². The zero-order valence-electron chi connectivity index (χ0n) is 50.3. The van der Waals surface area contributed by atoms with Gasteiger partial charge in [-0.3, -0.25) is 24.0 Å². The Balaban J connectivity index is 0.000000138. The van der Waals surface area contributed by atoms with Crippen molar-refractivity contribution >= 4 is 47.8 Å². The van der Waals surface area contributed by atoms with Gasteiger partial charge in [-0.2, -0.15) is 0 Å².